The van der Waals surface area contributed by atoms with Crippen LogP contribution in [0.25, 0.3) is 0 Å². The molecule has 5 heteroatoms. The Morgan fingerprint density at radius 3 is 3.00 bits per heavy atom. The van der Waals surface area contributed by atoms with Gasteiger partial charge in [0.15, 0.2) is 0 Å². The predicted molar refractivity (Wildman–Crippen MR) is 62.6 cm³/mol. The molecular formula is C11H24N2O3. The van der Waals surface area contributed by atoms with Gasteiger partial charge in [-0.05, 0) is 14.1 Å². The number of likely N-dealkylation sites (N-methyl/N-ethyl adjacent to an activating group) is 2. The third kappa shape index (κ3) is 5.23. The third-order valence-electron chi connectivity index (χ3n) is 2.74. The molecule has 0 aromatic carbocycles. The van der Waals surface area contributed by atoms with Gasteiger partial charge in [0.05, 0.1) is 25.4 Å². The summed E-state index contributed by atoms with van der Waals surface area (Å²) in [6, 6.07) is 0. The second kappa shape index (κ2) is 7.19. The summed E-state index contributed by atoms with van der Waals surface area (Å²) in [6.45, 7) is 4.63. The summed E-state index contributed by atoms with van der Waals surface area (Å²) >= 11 is 0. The summed E-state index contributed by atoms with van der Waals surface area (Å²) < 4.78 is 10.6. The normalized spacial score (nSPS) is 24.9. The maximum Gasteiger partial charge on any atom is 0.0899 e. The first-order valence-corrected chi connectivity index (χ1v) is 5.77. The van der Waals surface area contributed by atoms with Crippen molar-refractivity contribution in [2.24, 2.45) is 0 Å². The standard InChI is InChI=1S/C11H24N2O3/c1-12-4-5-16-11(7-12)8-13(2)6-10(14)9-15-3/h10-11,14H,4-9H2,1-3H3. The molecule has 1 saturated heterocycles. The Morgan fingerprint density at radius 2 is 2.38 bits per heavy atom. The van der Waals surface area contributed by atoms with Crippen molar-refractivity contribution in [3.05, 3.63) is 0 Å². The highest BCUT2D eigenvalue weighted by Crippen LogP contribution is 2.04. The number of rotatable bonds is 6. The number of ether oxygens (including phenoxy) is 2. The van der Waals surface area contributed by atoms with Crippen LogP contribution in [0, 0.1) is 0 Å². The molecule has 1 rings (SSSR count). The zero-order chi connectivity index (χ0) is 12.0. The minimum atomic E-state index is -0.420. The zero-order valence-corrected chi connectivity index (χ0v) is 10.6. The minimum Gasteiger partial charge on any atom is -0.389 e. The summed E-state index contributed by atoms with van der Waals surface area (Å²) in [5, 5.41) is 9.58. The number of hydrogen-bond acceptors (Lipinski definition) is 5. The molecule has 0 saturated carbocycles. The van der Waals surface area contributed by atoms with Gasteiger partial charge in [-0.15, -0.1) is 0 Å². The fourth-order valence-corrected chi connectivity index (χ4v) is 2.00. The van der Waals surface area contributed by atoms with Crippen molar-refractivity contribution < 1.29 is 14.6 Å². The van der Waals surface area contributed by atoms with Crippen molar-refractivity contribution in [2.45, 2.75) is 12.2 Å². The summed E-state index contributed by atoms with van der Waals surface area (Å²) in [6.07, 6.45) is -0.171. The Bertz CT molecular complexity index is 192. The molecule has 16 heavy (non-hydrogen) atoms. The van der Waals surface area contributed by atoms with Crippen molar-refractivity contribution >= 4 is 0 Å². The molecule has 1 fully saturated rings. The summed E-state index contributed by atoms with van der Waals surface area (Å²) in [7, 11) is 5.70. The molecule has 1 aliphatic rings. The van der Waals surface area contributed by atoms with Gasteiger partial charge >= 0.3 is 0 Å². The lowest BCUT2D eigenvalue weighted by Gasteiger charge is -2.33. The van der Waals surface area contributed by atoms with Gasteiger partial charge in [0, 0.05) is 33.3 Å². The van der Waals surface area contributed by atoms with Crippen LogP contribution in [0.1, 0.15) is 0 Å². The molecule has 0 bridgehead atoms. The first-order valence-electron chi connectivity index (χ1n) is 5.77. The Kier molecular flexibility index (Phi) is 6.23. The minimum absolute atomic E-state index is 0.249. The number of hydrogen-bond donors (Lipinski definition) is 1. The monoisotopic (exact) mass is 232 g/mol. The number of nitrogens with zero attached hydrogens (tertiary/aromatic N) is 2. The maximum absolute atomic E-state index is 9.58. The molecule has 2 atom stereocenters. The quantitative estimate of drug-likeness (QED) is 0.653. The van der Waals surface area contributed by atoms with Gasteiger partial charge in [0.2, 0.25) is 0 Å². The fraction of sp³-hybridized carbons (Fsp3) is 1.00. The third-order valence-corrected chi connectivity index (χ3v) is 2.74. The molecule has 2 unspecified atom stereocenters. The van der Waals surface area contributed by atoms with E-state index in [1.54, 1.807) is 7.11 Å². The Labute approximate surface area is 97.9 Å². The van der Waals surface area contributed by atoms with E-state index in [1.165, 1.54) is 0 Å². The Balaban J connectivity index is 2.19. The topological polar surface area (TPSA) is 45.2 Å². The van der Waals surface area contributed by atoms with Crippen molar-refractivity contribution in [1.29, 1.82) is 0 Å². The van der Waals surface area contributed by atoms with Crippen LogP contribution in [0.5, 0.6) is 0 Å². The molecule has 1 N–H and O–H groups in total. The van der Waals surface area contributed by atoms with Crippen molar-refractivity contribution in [3.8, 4) is 0 Å². The highest BCUT2D eigenvalue weighted by molar-refractivity contribution is 4.73. The Hall–Kier alpha value is -0.200. The predicted octanol–water partition coefficient (Wildman–Crippen LogP) is -0.744. The molecule has 0 amide bonds. The lowest BCUT2D eigenvalue weighted by molar-refractivity contribution is -0.0395. The number of methoxy groups -OCH3 is 1. The SMILES string of the molecule is COCC(O)CN(C)CC1CN(C)CCO1. The van der Waals surface area contributed by atoms with Crippen molar-refractivity contribution in [1.82, 2.24) is 9.80 Å². The second-order valence-electron chi connectivity index (χ2n) is 4.59. The van der Waals surface area contributed by atoms with E-state index < -0.39 is 6.10 Å². The second-order valence-corrected chi connectivity index (χ2v) is 4.59. The Morgan fingerprint density at radius 1 is 1.62 bits per heavy atom. The first-order chi connectivity index (χ1) is 7.61. The van der Waals surface area contributed by atoms with E-state index in [9.17, 15) is 5.11 Å². The van der Waals surface area contributed by atoms with Crippen LogP contribution in [-0.2, 0) is 9.47 Å². The molecule has 0 radical (unpaired) electrons. The molecule has 5 nitrogen and oxygen atoms in total. The van der Waals surface area contributed by atoms with Crippen molar-refractivity contribution in [2.75, 3.05) is 60.6 Å². The van der Waals surface area contributed by atoms with E-state index in [2.05, 4.69) is 16.8 Å². The van der Waals surface area contributed by atoms with E-state index in [0.29, 0.717) is 13.2 Å². The van der Waals surface area contributed by atoms with Crippen LogP contribution in [0.15, 0.2) is 0 Å². The maximum atomic E-state index is 9.58. The van der Waals surface area contributed by atoms with E-state index in [1.807, 2.05) is 7.05 Å². The summed E-state index contributed by atoms with van der Waals surface area (Å²) in [5.74, 6) is 0. The molecule has 0 aliphatic carbocycles. The summed E-state index contributed by atoms with van der Waals surface area (Å²) in [5.41, 5.74) is 0. The van der Waals surface area contributed by atoms with Crippen molar-refractivity contribution in [3.63, 3.8) is 0 Å². The fourth-order valence-electron chi connectivity index (χ4n) is 2.00. The molecule has 0 aromatic rings. The van der Waals surface area contributed by atoms with Crippen LogP contribution < -0.4 is 0 Å². The molecule has 0 aromatic heterocycles. The molecular weight excluding hydrogens is 208 g/mol. The van der Waals surface area contributed by atoms with Gasteiger partial charge in [-0.2, -0.15) is 0 Å². The van der Waals surface area contributed by atoms with Gasteiger partial charge in [0.25, 0.3) is 0 Å². The number of morpholine rings is 1. The first kappa shape index (κ1) is 13.9. The van der Waals surface area contributed by atoms with E-state index in [0.717, 1.165) is 26.2 Å². The summed E-state index contributed by atoms with van der Waals surface area (Å²) in [4.78, 5) is 4.36. The highest BCUT2D eigenvalue weighted by Gasteiger charge is 2.20. The van der Waals surface area contributed by atoms with Gasteiger partial charge in [0.1, 0.15) is 0 Å². The lowest BCUT2D eigenvalue weighted by Crippen LogP contribution is -2.46. The lowest BCUT2D eigenvalue weighted by atomic mass is 10.2. The molecule has 1 heterocycles. The van der Waals surface area contributed by atoms with Crippen LogP contribution in [0.3, 0.4) is 0 Å². The number of aliphatic hydroxyl groups excluding tert-OH is 1. The van der Waals surface area contributed by atoms with Crippen LogP contribution in [0.2, 0.25) is 0 Å². The molecule has 0 spiro atoms. The highest BCUT2D eigenvalue weighted by atomic mass is 16.5. The largest absolute Gasteiger partial charge is 0.389 e. The van der Waals surface area contributed by atoms with Gasteiger partial charge in [-0.25, -0.2) is 0 Å². The smallest absolute Gasteiger partial charge is 0.0899 e. The zero-order valence-electron chi connectivity index (χ0n) is 10.6. The van der Waals surface area contributed by atoms with Gasteiger partial charge < -0.3 is 24.4 Å². The average Bonchev–Trinajstić information content (AvgIpc) is 2.17. The molecule has 1 aliphatic heterocycles. The van der Waals surface area contributed by atoms with E-state index in [-0.39, 0.29) is 6.10 Å². The average molecular weight is 232 g/mol. The number of aliphatic hydroxyl groups is 1. The van der Waals surface area contributed by atoms with Crippen LogP contribution in [-0.4, -0.2) is 87.7 Å². The van der Waals surface area contributed by atoms with Crippen LogP contribution >= 0.6 is 0 Å². The van der Waals surface area contributed by atoms with Gasteiger partial charge in [-0.3, -0.25) is 0 Å². The van der Waals surface area contributed by atoms with Gasteiger partial charge in [-0.1, -0.05) is 0 Å². The van der Waals surface area contributed by atoms with E-state index in [4.69, 9.17) is 9.47 Å². The van der Waals surface area contributed by atoms with Crippen LogP contribution in [0.4, 0.5) is 0 Å². The molecule has 96 valence electrons. The van der Waals surface area contributed by atoms with E-state index >= 15 is 0 Å².